The van der Waals surface area contributed by atoms with E-state index in [4.69, 9.17) is 10.2 Å². The normalized spacial score (nSPS) is 12.4. The molecule has 88 valence electrons. The molecule has 5 heteroatoms. The van der Waals surface area contributed by atoms with Crippen LogP contribution in [0.1, 0.15) is 21.5 Å². The topological polar surface area (TPSA) is 98.0 Å². The van der Waals surface area contributed by atoms with Gasteiger partial charge < -0.3 is 20.4 Å². The van der Waals surface area contributed by atoms with Crippen molar-refractivity contribution >= 4 is 5.97 Å². The van der Waals surface area contributed by atoms with Crippen molar-refractivity contribution in [1.29, 1.82) is 0 Å². The van der Waals surface area contributed by atoms with Crippen LogP contribution in [0.5, 0.6) is 5.75 Å². The highest BCUT2D eigenvalue weighted by molar-refractivity contribution is 5.91. The van der Waals surface area contributed by atoms with Crippen LogP contribution < -0.4 is 0 Å². The number of aliphatic hydroxyl groups excluding tert-OH is 2. The van der Waals surface area contributed by atoms with Crippen molar-refractivity contribution in [2.75, 3.05) is 6.61 Å². The first kappa shape index (κ1) is 12.5. The largest absolute Gasteiger partial charge is 0.507 e. The average Bonchev–Trinajstić information content (AvgIpc) is 2.22. The van der Waals surface area contributed by atoms with Gasteiger partial charge in [0.25, 0.3) is 0 Å². The van der Waals surface area contributed by atoms with Crippen molar-refractivity contribution in [3.05, 3.63) is 28.8 Å². The predicted molar refractivity (Wildman–Crippen MR) is 56.6 cm³/mol. The number of hydrogen-bond donors (Lipinski definition) is 4. The third-order valence-electron chi connectivity index (χ3n) is 2.23. The van der Waals surface area contributed by atoms with Gasteiger partial charge in [-0.2, -0.15) is 0 Å². The van der Waals surface area contributed by atoms with Crippen LogP contribution in [0.4, 0.5) is 0 Å². The molecule has 0 saturated heterocycles. The second-order valence-electron chi connectivity index (χ2n) is 3.67. The standard InChI is InChI=1S/C11H14O5/c1-6-2-7(4-8(13)5-12)10(14)9(3-6)11(15)16/h2-3,8,12-14H,4-5H2,1H3,(H,15,16). The summed E-state index contributed by atoms with van der Waals surface area (Å²) in [4.78, 5) is 10.8. The number of aryl methyl sites for hydroxylation is 1. The summed E-state index contributed by atoms with van der Waals surface area (Å²) >= 11 is 0. The molecule has 0 radical (unpaired) electrons. The number of rotatable bonds is 4. The van der Waals surface area contributed by atoms with Crippen molar-refractivity contribution in [1.82, 2.24) is 0 Å². The quantitative estimate of drug-likeness (QED) is 0.591. The summed E-state index contributed by atoms with van der Waals surface area (Å²) in [5.41, 5.74) is 0.800. The van der Waals surface area contributed by atoms with E-state index in [1.54, 1.807) is 13.0 Å². The lowest BCUT2D eigenvalue weighted by molar-refractivity contribution is 0.0692. The van der Waals surface area contributed by atoms with E-state index in [-0.39, 0.29) is 17.7 Å². The zero-order chi connectivity index (χ0) is 12.3. The first-order chi connectivity index (χ1) is 7.45. The highest BCUT2D eigenvalue weighted by atomic mass is 16.4. The van der Waals surface area contributed by atoms with E-state index in [1.807, 2.05) is 0 Å². The molecule has 1 atom stereocenters. The molecule has 0 aliphatic carbocycles. The second-order valence-corrected chi connectivity index (χ2v) is 3.67. The lowest BCUT2D eigenvalue weighted by Crippen LogP contribution is -2.15. The maximum atomic E-state index is 10.8. The number of benzene rings is 1. The van der Waals surface area contributed by atoms with Gasteiger partial charge >= 0.3 is 5.97 Å². The first-order valence-electron chi connectivity index (χ1n) is 4.80. The average molecular weight is 226 g/mol. The Morgan fingerprint density at radius 1 is 1.44 bits per heavy atom. The molecule has 0 amide bonds. The van der Waals surface area contributed by atoms with Gasteiger partial charge in [-0.05, 0) is 24.1 Å². The molecule has 16 heavy (non-hydrogen) atoms. The highest BCUT2D eigenvalue weighted by Crippen LogP contribution is 2.25. The van der Waals surface area contributed by atoms with Crippen molar-refractivity contribution in [3.63, 3.8) is 0 Å². The van der Waals surface area contributed by atoms with Gasteiger partial charge in [0.2, 0.25) is 0 Å². The smallest absolute Gasteiger partial charge is 0.339 e. The van der Waals surface area contributed by atoms with Gasteiger partial charge in [-0.15, -0.1) is 0 Å². The fourth-order valence-electron chi connectivity index (χ4n) is 1.49. The molecule has 1 aromatic carbocycles. The Morgan fingerprint density at radius 2 is 2.06 bits per heavy atom. The van der Waals surface area contributed by atoms with Gasteiger partial charge in [-0.3, -0.25) is 0 Å². The van der Waals surface area contributed by atoms with Crippen LogP contribution in [0.15, 0.2) is 12.1 Å². The number of aromatic carboxylic acids is 1. The lowest BCUT2D eigenvalue weighted by Gasteiger charge is -2.11. The van der Waals surface area contributed by atoms with E-state index < -0.39 is 18.7 Å². The van der Waals surface area contributed by atoms with Gasteiger partial charge in [0.1, 0.15) is 11.3 Å². The predicted octanol–water partition coefficient (Wildman–Crippen LogP) is 0.295. The van der Waals surface area contributed by atoms with Gasteiger partial charge in [-0.25, -0.2) is 4.79 Å². The molecular formula is C11H14O5. The number of aliphatic hydroxyl groups is 2. The van der Waals surface area contributed by atoms with Crippen molar-refractivity contribution < 1.29 is 25.2 Å². The highest BCUT2D eigenvalue weighted by Gasteiger charge is 2.16. The minimum atomic E-state index is -1.22. The molecule has 1 aromatic rings. The molecule has 0 aromatic heterocycles. The van der Waals surface area contributed by atoms with Crippen molar-refractivity contribution in [2.24, 2.45) is 0 Å². The third-order valence-corrected chi connectivity index (χ3v) is 2.23. The fourth-order valence-corrected chi connectivity index (χ4v) is 1.49. The molecule has 0 heterocycles. The molecule has 1 unspecified atom stereocenters. The Morgan fingerprint density at radius 3 is 2.56 bits per heavy atom. The molecule has 0 aliphatic rings. The summed E-state index contributed by atoms with van der Waals surface area (Å²) < 4.78 is 0. The van der Waals surface area contributed by atoms with Crippen LogP contribution in [-0.2, 0) is 6.42 Å². The van der Waals surface area contributed by atoms with E-state index in [0.717, 1.165) is 0 Å². The van der Waals surface area contributed by atoms with Crippen LogP contribution in [0, 0.1) is 6.92 Å². The lowest BCUT2D eigenvalue weighted by atomic mass is 10.0. The molecule has 5 nitrogen and oxygen atoms in total. The SMILES string of the molecule is Cc1cc(CC(O)CO)c(O)c(C(=O)O)c1. The van der Waals surface area contributed by atoms with E-state index >= 15 is 0 Å². The molecule has 4 N–H and O–H groups in total. The molecule has 0 bridgehead atoms. The fraction of sp³-hybridized carbons (Fsp3) is 0.364. The summed E-state index contributed by atoms with van der Waals surface area (Å²) in [5.74, 6) is -1.58. The maximum absolute atomic E-state index is 10.8. The molecule has 0 saturated carbocycles. The van der Waals surface area contributed by atoms with Crippen molar-refractivity contribution in [3.8, 4) is 5.75 Å². The van der Waals surface area contributed by atoms with E-state index in [2.05, 4.69) is 0 Å². The summed E-state index contributed by atoms with van der Waals surface area (Å²) in [6.07, 6.45) is -0.987. The minimum absolute atomic E-state index is 0.0181. The Hall–Kier alpha value is -1.59. The Bertz CT molecular complexity index is 400. The number of phenols is 1. The van der Waals surface area contributed by atoms with Gasteiger partial charge in [0.15, 0.2) is 0 Å². The van der Waals surface area contributed by atoms with Crippen LogP contribution in [0.3, 0.4) is 0 Å². The number of hydrogen-bond acceptors (Lipinski definition) is 4. The summed E-state index contributed by atoms with van der Waals surface area (Å²) in [6, 6.07) is 2.94. The zero-order valence-corrected chi connectivity index (χ0v) is 8.84. The second kappa shape index (κ2) is 4.96. The molecule has 1 rings (SSSR count). The molecular weight excluding hydrogens is 212 g/mol. The van der Waals surface area contributed by atoms with Gasteiger partial charge in [-0.1, -0.05) is 6.07 Å². The first-order valence-corrected chi connectivity index (χ1v) is 4.80. The number of carboxylic acid groups (broad SMARTS) is 1. The molecule has 0 aliphatic heterocycles. The third kappa shape index (κ3) is 2.71. The molecule has 0 spiro atoms. The van der Waals surface area contributed by atoms with Crippen LogP contribution in [0.25, 0.3) is 0 Å². The van der Waals surface area contributed by atoms with Crippen LogP contribution >= 0.6 is 0 Å². The number of carbonyl (C=O) groups is 1. The minimum Gasteiger partial charge on any atom is -0.507 e. The Balaban J connectivity index is 3.14. The maximum Gasteiger partial charge on any atom is 0.339 e. The monoisotopic (exact) mass is 226 g/mol. The van der Waals surface area contributed by atoms with Crippen molar-refractivity contribution in [2.45, 2.75) is 19.4 Å². The van der Waals surface area contributed by atoms with Gasteiger partial charge in [0.05, 0.1) is 12.7 Å². The van der Waals surface area contributed by atoms with E-state index in [1.165, 1.54) is 6.07 Å². The van der Waals surface area contributed by atoms with Crippen LogP contribution in [-0.4, -0.2) is 39.1 Å². The Kier molecular flexibility index (Phi) is 3.87. The Labute approximate surface area is 92.6 Å². The summed E-state index contributed by atoms with van der Waals surface area (Å²) in [5, 5.41) is 36.4. The van der Waals surface area contributed by atoms with Gasteiger partial charge in [0, 0.05) is 6.42 Å². The zero-order valence-electron chi connectivity index (χ0n) is 8.84. The van der Waals surface area contributed by atoms with E-state index in [9.17, 15) is 15.0 Å². The van der Waals surface area contributed by atoms with Crippen LogP contribution in [0.2, 0.25) is 0 Å². The summed E-state index contributed by atoms with van der Waals surface area (Å²) in [7, 11) is 0. The summed E-state index contributed by atoms with van der Waals surface area (Å²) in [6.45, 7) is 1.26. The molecule has 0 fully saturated rings. The number of carboxylic acids is 1. The van der Waals surface area contributed by atoms with E-state index in [0.29, 0.717) is 11.1 Å². The number of aromatic hydroxyl groups is 1.